The minimum atomic E-state index is -3.49. The van der Waals surface area contributed by atoms with Crippen molar-refractivity contribution in [3.63, 3.8) is 0 Å². The highest BCUT2D eigenvalue weighted by molar-refractivity contribution is 8.17. The number of thioether (sulfide) groups is 1. The van der Waals surface area contributed by atoms with Crippen LogP contribution < -0.4 is 0 Å². The van der Waals surface area contributed by atoms with Crippen molar-refractivity contribution in [2.45, 2.75) is 13.3 Å². The van der Waals surface area contributed by atoms with Gasteiger partial charge in [0, 0.05) is 0 Å². The molecule has 72 valence electrons. The molecule has 1 heterocycles. The van der Waals surface area contributed by atoms with E-state index in [1.807, 2.05) is 0 Å². The van der Waals surface area contributed by atoms with Gasteiger partial charge in [-0.15, -0.1) is 0 Å². The summed E-state index contributed by atoms with van der Waals surface area (Å²) in [7, 11) is -3.49. The number of allylic oxidation sites excluding steroid dienone is 1. The zero-order valence-electron chi connectivity index (χ0n) is 7.06. The first-order valence-electron chi connectivity index (χ1n) is 3.71. The summed E-state index contributed by atoms with van der Waals surface area (Å²) in [6, 6.07) is 0. The Kier molecular flexibility index (Phi) is 3.80. The molecule has 0 N–H and O–H groups in total. The second-order valence-corrected chi connectivity index (χ2v) is 4.86. The van der Waals surface area contributed by atoms with E-state index >= 15 is 0 Å². The molecule has 0 spiro atoms. The van der Waals surface area contributed by atoms with E-state index in [1.54, 1.807) is 18.4 Å². The van der Waals surface area contributed by atoms with Gasteiger partial charge in [-0.3, -0.25) is 4.28 Å². The standard InChI is InChI=1S/C7H9NO3S2/c1-2-6-13(9,10)11-8-7-4-3-5-12-7/h3,5H,2,6H2,1H3/b8-7+. The summed E-state index contributed by atoms with van der Waals surface area (Å²) in [5.74, 6) is -0.0120. The third-order valence-corrected chi connectivity index (χ3v) is 3.04. The lowest BCUT2D eigenvalue weighted by atomic mass is 10.5. The number of nitrogens with zero attached hydrogens (tertiary/aromatic N) is 1. The minimum absolute atomic E-state index is 0.0120. The third kappa shape index (κ3) is 3.82. The fraction of sp³-hybridized carbons (Fsp3) is 0.429. The Morgan fingerprint density at radius 2 is 2.46 bits per heavy atom. The summed E-state index contributed by atoms with van der Waals surface area (Å²) in [6.45, 7) is 1.76. The molecule has 0 amide bonds. The molecule has 0 aliphatic carbocycles. The smallest absolute Gasteiger partial charge is 0.268 e. The molecule has 0 aromatic rings. The molecule has 0 saturated heterocycles. The molecule has 0 atom stereocenters. The van der Waals surface area contributed by atoms with Gasteiger partial charge in [-0.2, -0.15) is 8.42 Å². The van der Waals surface area contributed by atoms with E-state index in [0.717, 1.165) is 0 Å². The monoisotopic (exact) mass is 219 g/mol. The highest BCUT2D eigenvalue weighted by atomic mass is 32.2. The lowest BCUT2D eigenvalue weighted by Gasteiger charge is -1.98. The number of rotatable bonds is 4. The van der Waals surface area contributed by atoms with Gasteiger partial charge in [-0.05, 0) is 11.8 Å². The van der Waals surface area contributed by atoms with Crippen molar-refractivity contribution >= 4 is 26.9 Å². The molecule has 1 rings (SSSR count). The van der Waals surface area contributed by atoms with Gasteiger partial charge < -0.3 is 0 Å². The second kappa shape index (κ2) is 4.66. The van der Waals surface area contributed by atoms with E-state index in [4.69, 9.17) is 0 Å². The SMILES string of the molecule is CCCS(=O)(=O)O/N=C1\[C]C=CS1. The summed E-state index contributed by atoms with van der Waals surface area (Å²) in [5, 5.41) is 5.61. The van der Waals surface area contributed by atoms with Crippen LogP contribution in [-0.4, -0.2) is 19.2 Å². The number of hydrogen-bond donors (Lipinski definition) is 0. The number of hydrogen-bond acceptors (Lipinski definition) is 5. The number of oxime groups is 1. The Labute approximate surface area is 82.2 Å². The second-order valence-electron chi connectivity index (χ2n) is 2.30. The maximum absolute atomic E-state index is 11.0. The average Bonchev–Trinajstić information content (AvgIpc) is 2.52. The van der Waals surface area contributed by atoms with Crippen LogP contribution in [0.5, 0.6) is 0 Å². The van der Waals surface area contributed by atoms with Crippen molar-refractivity contribution in [3.05, 3.63) is 17.9 Å². The van der Waals surface area contributed by atoms with Gasteiger partial charge in [0.15, 0.2) is 0 Å². The molecule has 1 aliphatic heterocycles. The van der Waals surface area contributed by atoms with Gasteiger partial charge >= 0.3 is 10.1 Å². The van der Waals surface area contributed by atoms with Crippen LogP contribution in [0.4, 0.5) is 0 Å². The van der Waals surface area contributed by atoms with E-state index < -0.39 is 10.1 Å². The highest BCUT2D eigenvalue weighted by Crippen LogP contribution is 2.17. The Hall–Kier alpha value is -0.490. The molecule has 0 unspecified atom stereocenters. The molecule has 0 aromatic heterocycles. The first-order valence-corrected chi connectivity index (χ1v) is 6.17. The van der Waals surface area contributed by atoms with Crippen LogP contribution in [0.3, 0.4) is 0 Å². The lowest BCUT2D eigenvalue weighted by Crippen LogP contribution is -2.07. The van der Waals surface area contributed by atoms with Gasteiger partial charge in [0.25, 0.3) is 0 Å². The van der Waals surface area contributed by atoms with E-state index in [2.05, 4.69) is 15.9 Å². The molecule has 2 radical (unpaired) electrons. The van der Waals surface area contributed by atoms with Gasteiger partial charge in [0.1, 0.15) is 5.04 Å². The molecule has 6 heteroatoms. The van der Waals surface area contributed by atoms with Crippen molar-refractivity contribution in [1.29, 1.82) is 0 Å². The van der Waals surface area contributed by atoms with Crippen molar-refractivity contribution in [2.75, 3.05) is 5.75 Å². The normalized spacial score (nSPS) is 19.6. The summed E-state index contributed by atoms with van der Waals surface area (Å²) >= 11 is 1.27. The first-order chi connectivity index (χ1) is 6.14. The molecule has 13 heavy (non-hydrogen) atoms. The third-order valence-electron chi connectivity index (χ3n) is 1.14. The van der Waals surface area contributed by atoms with Crippen LogP contribution in [-0.2, 0) is 14.4 Å². The van der Waals surface area contributed by atoms with Gasteiger partial charge in [0.05, 0.1) is 12.2 Å². The molecule has 1 aliphatic rings. The lowest BCUT2D eigenvalue weighted by molar-refractivity contribution is 0.340. The molecule has 0 aromatic carbocycles. The summed E-state index contributed by atoms with van der Waals surface area (Å²) < 4.78 is 26.4. The first kappa shape index (κ1) is 10.6. The van der Waals surface area contributed by atoms with Gasteiger partial charge in [-0.25, -0.2) is 0 Å². The maximum atomic E-state index is 11.0. The fourth-order valence-corrected chi connectivity index (χ4v) is 1.95. The van der Waals surface area contributed by atoms with Crippen LogP contribution >= 0.6 is 11.8 Å². The topological polar surface area (TPSA) is 55.7 Å². The van der Waals surface area contributed by atoms with Gasteiger partial charge in [0.2, 0.25) is 0 Å². The summed E-state index contributed by atoms with van der Waals surface area (Å²) in [4.78, 5) is 0. The molecule has 0 saturated carbocycles. The van der Waals surface area contributed by atoms with Crippen LogP contribution in [0.1, 0.15) is 13.3 Å². The molecule has 0 fully saturated rings. The highest BCUT2D eigenvalue weighted by Gasteiger charge is 2.11. The maximum Gasteiger partial charge on any atom is 0.328 e. The van der Waals surface area contributed by atoms with Crippen LogP contribution in [0.25, 0.3) is 0 Å². The molecule has 0 bridgehead atoms. The Bertz CT molecular complexity index is 309. The predicted octanol–water partition coefficient (Wildman–Crippen LogP) is 1.40. The predicted molar refractivity (Wildman–Crippen MR) is 52.6 cm³/mol. The van der Waals surface area contributed by atoms with Crippen LogP contribution in [0.2, 0.25) is 0 Å². The zero-order valence-corrected chi connectivity index (χ0v) is 8.69. The average molecular weight is 219 g/mol. The largest absolute Gasteiger partial charge is 0.328 e. The molecular weight excluding hydrogens is 210 g/mol. The van der Waals surface area contributed by atoms with E-state index in [-0.39, 0.29) is 5.75 Å². The quantitative estimate of drug-likeness (QED) is 0.671. The molecular formula is C7H9NO3S2. The van der Waals surface area contributed by atoms with E-state index in [9.17, 15) is 8.42 Å². The van der Waals surface area contributed by atoms with E-state index in [1.165, 1.54) is 11.8 Å². The van der Waals surface area contributed by atoms with E-state index in [0.29, 0.717) is 11.5 Å². The molecule has 4 nitrogen and oxygen atoms in total. The fourth-order valence-electron chi connectivity index (χ4n) is 0.664. The zero-order chi connectivity index (χ0) is 9.73. The summed E-state index contributed by atoms with van der Waals surface area (Å²) in [6.07, 6.45) is 4.89. The van der Waals surface area contributed by atoms with Crippen LogP contribution in [0, 0.1) is 6.42 Å². The summed E-state index contributed by atoms with van der Waals surface area (Å²) in [5.41, 5.74) is 0. The Morgan fingerprint density at radius 3 is 3.00 bits per heavy atom. The van der Waals surface area contributed by atoms with Crippen LogP contribution in [0.15, 0.2) is 16.6 Å². The van der Waals surface area contributed by atoms with Crippen molar-refractivity contribution in [3.8, 4) is 0 Å². The van der Waals surface area contributed by atoms with Crippen molar-refractivity contribution in [2.24, 2.45) is 5.16 Å². The Balaban J connectivity index is 2.45. The van der Waals surface area contributed by atoms with Crippen molar-refractivity contribution < 1.29 is 12.7 Å². The minimum Gasteiger partial charge on any atom is -0.268 e. The van der Waals surface area contributed by atoms with Crippen molar-refractivity contribution in [1.82, 2.24) is 0 Å². The Morgan fingerprint density at radius 1 is 1.69 bits per heavy atom. The van der Waals surface area contributed by atoms with Gasteiger partial charge in [-0.1, -0.05) is 29.9 Å².